The molecule has 1 N–H and O–H groups in total. The molecular weight excluding hydrogens is 673 g/mol. The van der Waals surface area contributed by atoms with E-state index in [0.717, 1.165) is 30.4 Å². The smallest absolute Gasteiger partial charge is 0.349 e. The number of methoxy groups -OCH3 is 1. The fraction of sp³-hybridized carbons (Fsp3) is 0.590. The fourth-order valence-electron chi connectivity index (χ4n) is 4.44. The molecule has 0 radical (unpaired) electrons. The number of amides is 1. The minimum atomic E-state index is -4.58. The predicted molar refractivity (Wildman–Crippen MR) is 199 cm³/mol. The van der Waals surface area contributed by atoms with Gasteiger partial charge >= 0.3 is 25.5 Å². The van der Waals surface area contributed by atoms with Crippen LogP contribution >= 0.6 is 7.60 Å². The molecule has 1 rings (SSSR count). The van der Waals surface area contributed by atoms with Gasteiger partial charge in [-0.25, -0.2) is 4.79 Å². The number of allylic oxidation sites excluding steroid dienone is 6. The summed E-state index contributed by atoms with van der Waals surface area (Å²) in [5, 5.41) is 2.67. The Balaban J connectivity index is 3.46. The Bertz CT molecular complexity index is 1390. The van der Waals surface area contributed by atoms with E-state index >= 15 is 0 Å². The molecule has 1 amide bonds. The van der Waals surface area contributed by atoms with E-state index in [1.54, 1.807) is 71.9 Å². The van der Waals surface area contributed by atoms with Crippen LogP contribution in [0, 0.1) is 10.8 Å². The average Bonchev–Trinajstić information content (AvgIpc) is 3.03. The largest absolute Gasteiger partial charge is 0.467 e. The zero-order chi connectivity index (χ0) is 38.8. The van der Waals surface area contributed by atoms with E-state index in [1.807, 2.05) is 13.0 Å². The molecule has 0 aliphatic heterocycles. The van der Waals surface area contributed by atoms with E-state index in [0.29, 0.717) is 6.42 Å². The summed E-state index contributed by atoms with van der Waals surface area (Å²) in [5.74, 6) is -2.81. The first-order valence-corrected chi connectivity index (χ1v) is 18.9. The Labute approximate surface area is 305 Å². The molecule has 0 bridgehead atoms. The number of benzene rings is 1. The molecule has 1 unspecified atom stereocenters. The van der Waals surface area contributed by atoms with Crippen LogP contribution in [0.2, 0.25) is 0 Å². The summed E-state index contributed by atoms with van der Waals surface area (Å²) in [6.07, 6.45) is 9.47. The van der Waals surface area contributed by atoms with Crippen LogP contribution in [0.4, 0.5) is 0 Å². The van der Waals surface area contributed by atoms with Gasteiger partial charge in [0.25, 0.3) is 0 Å². The third kappa shape index (κ3) is 18.0. The third-order valence-electron chi connectivity index (χ3n) is 7.65. The van der Waals surface area contributed by atoms with E-state index in [1.165, 1.54) is 18.3 Å². The number of hydrogen-bond donors (Lipinski definition) is 1. The molecule has 2 atom stereocenters. The van der Waals surface area contributed by atoms with Crippen molar-refractivity contribution in [1.82, 2.24) is 5.32 Å². The van der Waals surface area contributed by atoms with Crippen molar-refractivity contribution in [2.75, 3.05) is 20.7 Å². The van der Waals surface area contributed by atoms with E-state index in [9.17, 15) is 23.7 Å². The van der Waals surface area contributed by atoms with Crippen molar-refractivity contribution in [3.63, 3.8) is 0 Å². The van der Waals surface area contributed by atoms with Crippen LogP contribution in [0.25, 0.3) is 0 Å². The Kier molecular flexibility index (Phi) is 19.4. The molecule has 0 spiro atoms. The zero-order valence-electron chi connectivity index (χ0n) is 32.5. The molecule has 0 heterocycles. The summed E-state index contributed by atoms with van der Waals surface area (Å²) in [7, 11) is -3.37. The van der Waals surface area contributed by atoms with Crippen molar-refractivity contribution in [3.05, 3.63) is 70.8 Å². The molecule has 0 saturated heterocycles. The van der Waals surface area contributed by atoms with Crippen LogP contribution in [0.5, 0.6) is 0 Å². The number of nitrogens with one attached hydrogen (secondary N) is 1. The van der Waals surface area contributed by atoms with Gasteiger partial charge in [0.15, 0.2) is 0 Å². The summed E-state index contributed by atoms with van der Waals surface area (Å²) >= 11 is 0. The second kappa shape index (κ2) is 21.7. The predicted octanol–water partition coefficient (Wildman–Crippen LogP) is 8.38. The molecule has 0 saturated carbocycles. The van der Waals surface area contributed by atoms with Crippen molar-refractivity contribution in [1.29, 1.82) is 0 Å². The summed E-state index contributed by atoms with van der Waals surface area (Å²) in [4.78, 5) is 51.9. The highest BCUT2D eigenvalue weighted by molar-refractivity contribution is 7.55. The Morgan fingerprint density at radius 3 is 1.73 bits per heavy atom. The van der Waals surface area contributed by atoms with Crippen LogP contribution in [-0.2, 0) is 53.4 Å². The maximum Gasteiger partial charge on any atom is 0.349 e. The molecule has 0 aromatic heterocycles. The molecule has 1 aromatic rings. The lowest BCUT2D eigenvalue weighted by atomic mass is 9.98. The molecule has 51 heavy (non-hydrogen) atoms. The Morgan fingerprint density at radius 2 is 1.25 bits per heavy atom. The van der Waals surface area contributed by atoms with Gasteiger partial charge in [0, 0.05) is 6.42 Å². The van der Waals surface area contributed by atoms with Crippen molar-refractivity contribution in [2.24, 2.45) is 10.8 Å². The standard InChI is InChI=1S/C39H60NO10P/c1-28(2)17-15-18-29(3)19-16-20-30(4)23-24-33(34(41)40-32(35(42)46-11)25-31-21-13-12-14-22-31)51(45,49-26-47-36(43)38(5,6)7)50-27-48-37(44)39(8,9)10/h12-14,17,19,21-23,32-33H,15-16,18,20,24-27H2,1-11H3,(H,40,41)/b29-19+,30-23+/t32-,33?/m0/s1. The second-order valence-electron chi connectivity index (χ2n) is 14.9. The molecule has 0 aliphatic carbocycles. The van der Waals surface area contributed by atoms with Gasteiger partial charge in [0.05, 0.1) is 17.9 Å². The lowest BCUT2D eigenvalue weighted by molar-refractivity contribution is -0.162. The summed E-state index contributed by atoms with van der Waals surface area (Å²) in [6.45, 7) is 16.4. The number of ether oxygens (including phenoxy) is 3. The molecule has 1 aromatic carbocycles. The van der Waals surface area contributed by atoms with Crippen LogP contribution in [0.15, 0.2) is 65.3 Å². The third-order valence-corrected chi connectivity index (χ3v) is 9.79. The number of esters is 3. The van der Waals surface area contributed by atoms with Gasteiger partial charge in [-0.3, -0.25) is 28.0 Å². The summed E-state index contributed by atoms with van der Waals surface area (Å²) in [5.41, 5.74) is 0.906. The van der Waals surface area contributed by atoms with E-state index in [2.05, 4.69) is 38.2 Å². The Hall–Kier alpha value is -3.53. The molecule has 0 fully saturated rings. The second-order valence-corrected chi connectivity index (χ2v) is 17.1. The highest BCUT2D eigenvalue weighted by atomic mass is 31.2. The SMILES string of the molecule is COC(=O)[C@H](Cc1ccccc1)NC(=O)C(C/C=C(\C)CC/C=C(\C)CCC=C(C)C)P(=O)(OCOC(=O)C(C)(C)C)OCOC(=O)C(C)(C)C. The van der Waals surface area contributed by atoms with Gasteiger partial charge in [-0.15, -0.1) is 0 Å². The van der Waals surface area contributed by atoms with E-state index in [-0.39, 0.29) is 12.8 Å². The number of carbonyl (C=O) groups is 4. The molecular formula is C39H60NO10P. The highest BCUT2D eigenvalue weighted by Crippen LogP contribution is 2.55. The fourth-order valence-corrected chi connectivity index (χ4v) is 6.00. The normalized spacial score (nSPS) is 13.9. The highest BCUT2D eigenvalue weighted by Gasteiger charge is 2.43. The zero-order valence-corrected chi connectivity index (χ0v) is 33.4. The first-order valence-electron chi connectivity index (χ1n) is 17.3. The number of hydrogen-bond acceptors (Lipinski definition) is 10. The lowest BCUT2D eigenvalue weighted by Gasteiger charge is -2.28. The van der Waals surface area contributed by atoms with Gasteiger partial charge in [0.1, 0.15) is 11.7 Å². The molecule has 286 valence electrons. The molecule has 12 heteroatoms. The summed E-state index contributed by atoms with van der Waals surface area (Å²) < 4.78 is 41.2. The number of rotatable bonds is 20. The van der Waals surface area contributed by atoms with Gasteiger partial charge in [-0.2, -0.15) is 0 Å². The lowest BCUT2D eigenvalue weighted by Crippen LogP contribution is -2.47. The minimum Gasteiger partial charge on any atom is -0.467 e. The molecule has 0 aliphatic rings. The van der Waals surface area contributed by atoms with Crippen molar-refractivity contribution in [2.45, 2.75) is 119 Å². The van der Waals surface area contributed by atoms with Gasteiger partial charge in [-0.05, 0) is 107 Å². The Morgan fingerprint density at radius 1 is 0.765 bits per heavy atom. The monoisotopic (exact) mass is 733 g/mol. The quantitative estimate of drug-likeness (QED) is 0.0456. The van der Waals surface area contributed by atoms with Crippen LogP contribution in [-0.4, -0.2) is 56.2 Å². The van der Waals surface area contributed by atoms with Crippen molar-refractivity contribution in [3.8, 4) is 0 Å². The van der Waals surface area contributed by atoms with Crippen molar-refractivity contribution < 1.29 is 47.0 Å². The van der Waals surface area contributed by atoms with Crippen LogP contribution in [0.3, 0.4) is 0 Å². The van der Waals surface area contributed by atoms with E-state index < -0.39 is 67.5 Å². The van der Waals surface area contributed by atoms with E-state index in [4.69, 9.17) is 23.3 Å². The van der Waals surface area contributed by atoms with Crippen LogP contribution in [0.1, 0.15) is 107 Å². The van der Waals surface area contributed by atoms with Crippen LogP contribution < -0.4 is 5.32 Å². The minimum absolute atomic E-state index is 0.0958. The first kappa shape index (κ1) is 45.5. The van der Waals surface area contributed by atoms with Crippen molar-refractivity contribution >= 4 is 31.4 Å². The van der Waals surface area contributed by atoms with Gasteiger partial charge in [-0.1, -0.05) is 65.3 Å². The average molecular weight is 734 g/mol. The summed E-state index contributed by atoms with van der Waals surface area (Å²) in [6, 6.07) is 7.89. The maximum atomic E-state index is 14.6. The number of carbonyl (C=O) groups excluding carboxylic acids is 4. The first-order chi connectivity index (χ1) is 23.7. The van der Waals surface area contributed by atoms with Gasteiger partial charge in [0.2, 0.25) is 19.5 Å². The van der Waals surface area contributed by atoms with Gasteiger partial charge < -0.3 is 19.5 Å². The molecule has 11 nitrogen and oxygen atoms in total. The topological polar surface area (TPSA) is 144 Å². The maximum absolute atomic E-state index is 14.6.